The first kappa shape index (κ1) is 17.6. The molecule has 0 spiro atoms. The molecule has 2 aliphatic heterocycles. The number of hydrogen-bond donors (Lipinski definition) is 2. The highest BCUT2D eigenvalue weighted by atomic mass is 16.2. The minimum absolute atomic E-state index is 0.0871. The zero-order valence-corrected chi connectivity index (χ0v) is 14.6. The number of imide groups is 1. The van der Waals surface area contributed by atoms with Gasteiger partial charge in [0.1, 0.15) is 6.04 Å². The minimum atomic E-state index is -0.568. The number of fused-ring (bicyclic) bond motifs is 1. The van der Waals surface area contributed by atoms with Gasteiger partial charge in [-0.05, 0) is 37.6 Å². The van der Waals surface area contributed by atoms with Crippen LogP contribution in [0.2, 0.25) is 0 Å². The van der Waals surface area contributed by atoms with Crippen LogP contribution in [0.4, 0.5) is 0 Å². The molecule has 0 bridgehead atoms. The van der Waals surface area contributed by atoms with Crippen molar-refractivity contribution in [2.45, 2.75) is 44.9 Å². The van der Waals surface area contributed by atoms with E-state index in [2.05, 4.69) is 10.2 Å². The third kappa shape index (κ3) is 3.72. The molecule has 2 aliphatic rings. The van der Waals surface area contributed by atoms with Gasteiger partial charge in [-0.15, -0.1) is 0 Å². The van der Waals surface area contributed by atoms with Gasteiger partial charge in [0.2, 0.25) is 11.8 Å². The topological polar surface area (TPSA) is 95.7 Å². The number of nitrogens with two attached hydrogens (primary N) is 1. The van der Waals surface area contributed by atoms with E-state index in [0.29, 0.717) is 25.1 Å². The smallest absolute Gasteiger partial charge is 0.255 e. The van der Waals surface area contributed by atoms with Crippen molar-refractivity contribution in [3.05, 3.63) is 34.9 Å². The molecule has 3 N–H and O–H groups in total. The highest BCUT2D eigenvalue weighted by Crippen LogP contribution is 2.28. The van der Waals surface area contributed by atoms with Crippen molar-refractivity contribution in [3.8, 4) is 0 Å². The second-order valence-electron chi connectivity index (χ2n) is 7.07. The number of rotatable bonds is 5. The van der Waals surface area contributed by atoms with Gasteiger partial charge >= 0.3 is 0 Å². The van der Waals surface area contributed by atoms with Gasteiger partial charge in [0, 0.05) is 37.7 Å². The highest BCUT2D eigenvalue weighted by Gasteiger charge is 2.39. The van der Waals surface area contributed by atoms with Crippen LogP contribution in [0.5, 0.6) is 0 Å². The largest absolute Gasteiger partial charge is 0.327 e. The van der Waals surface area contributed by atoms with Crippen LogP contribution in [0.25, 0.3) is 0 Å². The SMILES string of the molecule is CC(N)CN(C)Cc1ccc2c(c1)C(=O)N(C1CCC(=O)NC1=O)C2. The van der Waals surface area contributed by atoms with Crippen LogP contribution < -0.4 is 11.1 Å². The van der Waals surface area contributed by atoms with E-state index in [1.54, 1.807) is 4.90 Å². The quantitative estimate of drug-likeness (QED) is 0.746. The van der Waals surface area contributed by atoms with E-state index in [-0.39, 0.29) is 30.2 Å². The van der Waals surface area contributed by atoms with E-state index < -0.39 is 6.04 Å². The zero-order valence-electron chi connectivity index (χ0n) is 14.6. The molecule has 0 saturated carbocycles. The Bertz CT molecular complexity index is 716. The fraction of sp³-hybridized carbons (Fsp3) is 0.500. The molecule has 7 heteroatoms. The van der Waals surface area contributed by atoms with E-state index in [1.165, 1.54) is 0 Å². The maximum Gasteiger partial charge on any atom is 0.255 e. The molecule has 2 heterocycles. The van der Waals surface area contributed by atoms with Gasteiger partial charge in [0.05, 0.1) is 0 Å². The van der Waals surface area contributed by atoms with Crippen LogP contribution in [-0.2, 0) is 22.7 Å². The first-order valence-corrected chi connectivity index (χ1v) is 8.55. The van der Waals surface area contributed by atoms with Crippen LogP contribution in [-0.4, -0.2) is 53.2 Å². The third-order valence-electron chi connectivity index (χ3n) is 4.64. The van der Waals surface area contributed by atoms with Gasteiger partial charge in [-0.2, -0.15) is 0 Å². The normalized spacial score (nSPS) is 21.5. The predicted molar refractivity (Wildman–Crippen MR) is 92.5 cm³/mol. The number of amides is 3. The van der Waals surface area contributed by atoms with Crippen molar-refractivity contribution < 1.29 is 14.4 Å². The van der Waals surface area contributed by atoms with Crippen LogP contribution in [0.15, 0.2) is 18.2 Å². The van der Waals surface area contributed by atoms with Gasteiger partial charge < -0.3 is 15.5 Å². The molecule has 1 aromatic rings. The number of piperidine rings is 1. The van der Waals surface area contributed by atoms with Gasteiger partial charge in [0.15, 0.2) is 0 Å². The van der Waals surface area contributed by atoms with Gasteiger partial charge in [-0.25, -0.2) is 0 Å². The number of nitrogens with zero attached hydrogens (tertiary/aromatic N) is 2. The first-order valence-electron chi connectivity index (χ1n) is 8.55. The Morgan fingerprint density at radius 2 is 2.12 bits per heavy atom. The summed E-state index contributed by atoms with van der Waals surface area (Å²) in [6.07, 6.45) is 0.651. The molecule has 2 unspecified atom stereocenters. The van der Waals surface area contributed by atoms with E-state index >= 15 is 0 Å². The Hall–Kier alpha value is -2.25. The molecule has 134 valence electrons. The number of nitrogens with one attached hydrogen (secondary N) is 1. The van der Waals surface area contributed by atoms with Crippen molar-refractivity contribution in [3.63, 3.8) is 0 Å². The first-order chi connectivity index (χ1) is 11.8. The zero-order chi connectivity index (χ0) is 18.1. The summed E-state index contributed by atoms with van der Waals surface area (Å²) in [5, 5.41) is 2.32. The fourth-order valence-corrected chi connectivity index (χ4v) is 3.57. The summed E-state index contributed by atoms with van der Waals surface area (Å²) < 4.78 is 0. The molecule has 0 aromatic heterocycles. The maximum absolute atomic E-state index is 12.8. The number of carbonyl (C=O) groups excluding carboxylic acids is 3. The highest BCUT2D eigenvalue weighted by molar-refractivity contribution is 6.05. The number of carbonyl (C=O) groups is 3. The summed E-state index contributed by atoms with van der Waals surface area (Å²) in [5.41, 5.74) is 8.43. The Labute approximate surface area is 147 Å². The Kier molecular flexibility index (Phi) is 4.87. The molecule has 25 heavy (non-hydrogen) atoms. The third-order valence-corrected chi connectivity index (χ3v) is 4.64. The average Bonchev–Trinajstić information content (AvgIpc) is 2.83. The average molecular weight is 344 g/mol. The molecule has 0 aliphatic carbocycles. The van der Waals surface area contributed by atoms with Gasteiger partial charge in [-0.3, -0.25) is 19.7 Å². The van der Waals surface area contributed by atoms with E-state index in [9.17, 15) is 14.4 Å². The lowest BCUT2D eigenvalue weighted by atomic mass is 10.0. The fourth-order valence-electron chi connectivity index (χ4n) is 3.57. The number of benzene rings is 1. The Morgan fingerprint density at radius 3 is 2.80 bits per heavy atom. The van der Waals surface area contributed by atoms with Crippen molar-refractivity contribution in [2.24, 2.45) is 5.73 Å². The summed E-state index contributed by atoms with van der Waals surface area (Å²) in [6.45, 7) is 3.85. The predicted octanol–water partition coefficient (Wildman–Crippen LogP) is 0.227. The summed E-state index contributed by atoms with van der Waals surface area (Å²) in [5.74, 6) is -0.791. The van der Waals surface area contributed by atoms with Gasteiger partial charge in [-0.1, -0.05) is 12.1 Å². The second kappa shape index (κ2) is 6.93. The molecule has 2 atom stereocenters. The second-order valence-corrected chi connectivity index (χ2v) is 7.07. The molecule has 0 radical (unpaired) electrons. The van der Waals surface area contributed by atoms with Crippen molar-refractivity contribution >= 4 is 17.7 Å². The summed E-state index contributed by atoms with van der Waals surface area (Å²) in [4.78, 5) is 39.8. The van der Waals surface area contributed by atoms with Crippen molar-refractivity contribution in [2.75, 3.05) is 13.6 Å². The summed E-state index contributed by atoms with van der Waals surface area (Å²) in [6, 6.07) is 5.39. The molecule has 3 rings (SSSR count). The summed E-state index contributed by atoms with van der Waals surface area (Å²) >= 11 is 0. The lowest BCUT2D eigenvalue weighted by Gasteiger charge is -2.29. The molecule has 7 nitrogen and oxygen atoms in total. The van der Waals surface area contributed by atoms with Crippen LogP contribution in [0, 0.1) is 0 Å². The van der Waals surface area contributed by atoms with E-state index in [1.807, 2.05) is 32.2 Å². The standard InChI is InChI=1S/C18H24N4O3/c1-11(19)8-21(2)9-12-3-4-13-10-22(18(25)14(13)7-12)15-5-6-16(23)20-17(15)24/h3-4,7,11,15H,5-6,8-10,19H2,1-2H3,(H,20,23,24). The van der Waals surface area contributed by atoms with Crippen molar-refractivity contribution in [1.82, 2.24) is 15.1 Å². The van der Waals surface area contributed by atoms with Crippen LogP contribution in [0.3, 0.4) is 0 Å². The monoisotopic (exact) mass is 344 g/mol. The van der Waals surface area contributed by atoms with Crippen LogP contribution >= 0.6 is 0 Å². The Morgan fingerprint density at radius 1 is 1.36 bits per heavy atom. The molecule has 1 saturated heterocycles. The molecular weight excluding hydrogens is 320 g/mol. The van der Waals surface area contributed by atoms with Gasteiger partial charge in [0.25, 0.3) is 5.91 Å². The van der Waals surface area contributed by atoms with Crippen molar-refractivity contribution in [1.29, 1.82) is 0 Å². The molecule has 1 aromatic carbocycles. The number of likely N-dealkylation sites (N-methyl/N-ethyl adjacent to an activating group) is 1. The lowest BCUT2D eigenvalue weighted by Crippen LogP contribution is -2.52. The molecule has 3 amide bonds. The van der Waals surface area contributed by atoms with E-state index in [0.717, 1.165) is 17.7 Å². The lowest BCUT2D eigenvalue weighted by molar-refractivity contribution is -0.136. The summed E-state index contributed by atoms with van der Waals surface area (Å²) in [7, 11) is 1.99. The number of hydrogen-bond acceptors (Lipinski definition) is 5. The van der Waals surface area contributed by atoms with Crippen LogP contribution in [0.1, 0.15) is 41.3 Å². The molecular formula is C18H24N4O3. The minimum Gasteiger partial charge on any atom is -0.327 e. The Balaban J connectivity index is 1.73. The maximum atomic E-state index is 12.8. The van der Waals surface area contributed by atoms with E-state index in [4.69, 9.17) is 5.73 Å². The molecule has 1 fully saturated rings.